The molecule has 0 aliphatic carbocycles. The predicted molar refractivity (Wildman–Crippen MR) is 115 cm³/mol. The van der Waals surface area contributed by atoms with Crippen molar-refractivity contribution in [3.05, 3.63) is 42.0 Å². The third-order valence-corrected chi connectivity index (χ3v) is 5.11. The summed E-state index contributed by atoms with van der Waals surface area (Å²) >= 11 is 0. The van der Waals surface area contributed by atoms with Crippen LogP contribution in [0.1, 0.15) is 5.56 Å². The number of para-hydroxylation sites is 2. The van der Waals surface area contributed by atoms with Gasteiger partial charge in [0.1, 0.15) is 12.7 Å². The van der Waals surface area contributed by atoms with Gasteiger partial charge in [-0.05, 0) is 18.2 Å². The van der Waals surface area contributed by atoms with Crippen molar-refractivity contribution in [1.82, 2.24) is 4.90 Å². The van der Waals surface area contributed by atoms with Crippen LogP contribution < -0.4 is 23.7 Å². The summed E-state index contributed by atoms with van der Waals surface area (Å²) in [5.41, 5.74) is 0.735. The highest BCUT2D eigenvalue weighted by atomic mass is 16.5. The summed E-state index contributed by atoms with van der Waals surface area (Å²) in [7, 11) is 6.25. The molecule has 1 amide bonds. The van der Waals surface area contributed by atoms with Gasteiger partial charge in [0.25, 0.3) is 0 Å². The Balaban J connectivity index is 1.63. The maximum atomic E-state index is 13.0. The molecule has 0 unspecified atom stereocenters. The number of nitrogens with zero attached hydrogens (tertiary/aromatic N) is 1. The summed E-state index contributed by atoms with van der Waals surface area (Å²) in [5.74, 6) is 2.81. The van der Waals surface area contributed by atoms with Gasteiger partial charge in [0, 0.05) is 12.1 Å². The highest BCUT2D eigenvalue weighted by Gasteiger charge is 2.27. The van der Waals surface area contributed by atoms with Gasteiger partial charge in [0.05, 0.1) is 48.0 Å². The molecule has 0 radical (unpaired) electrons. The Kier molecular flexibility index (Phi) is 7.83. The van der Waals surface area contributed by atoms with E-state index < -0.39 is 0 Å². The molecule has 168 valence electrons. The van der Waals surface area contributed by atoms with Crippen LogP contribution in [0.2, 0.25) is 0 Å². The second kappa shape index (κ2) is 10.8. The minimum Gasteiger partial charge on any atom is -0.493 e. The van der Waals surface area contributed by atoms with E-state index in [0.717, 1.165) is 5.56 Å². The van der Waals surface area contributed by atoms with Gasteiger partial charge in [0.2, 0.25) is 11.7 Å². The van der Waals surface area contributed by atoms with Crippen molar-refractivity contribution in [3.63, 3.8) is 0 Å². The number of methoxy groups -OCH3 is 4. The van der Waals surface area contributed by atoms with Gasteiger partial charge in [-0.2, -0.15) is 0 Å². The molecule has 0 saturated carbocycles. The third kappa shape index (κ3) is 5.32. The minimum absolute atomic E-state index is 0.0175. The Bertz CT molecular complexity index is 886. The summed E-state index contributed by atoms with van der Waals surface area (Å²) in [6.45, 7) is 1.75. The lowest BCUT2D eigenvalue weighted by Gasteiger charge is -2.33. The molecule has 31 heavy (non-hydrogen) atoms. The van der Waals surface area contributed by atoms with Gasteiger partial charge in [0.15, 0.2) is 23.0 Å². The molecular weight excluding hydrogens is 402 g/mol. The van der Waals surface area contributed by atoms with Crippen molar-refractivity contribution in [2.75, 3.05) is 54.7 Å². The SMILES string of the molecule is COc1ccccc1OC[C@@H]1CN(C(=O)Cc2ccc(OC)c(OC)c2OC)CCO1. The Hall–Kier alpha value is -3.13. The molecule has 0 bridgehead atoms. The summed E-state index contributed by atoms with van der Waals surface area (Å²) in [5, 5.41) is 0. The van der Waals surface area contributed by atoms with Crippen molar-refractivity contribution in [1.29, 1.82) is 0 Å². The van der Waals surface area contributed by atoms with E-state index in [1.54, 1.807) is 39.4 Å². The maximum absolute atomic E-state index is 13.0. The number of hydrogen-bond acceptors (Lipinski definition) is 7. The summed E-state index contributed by atoms with van der Waals surface area (Å²) in [6, 6.07) is 11.0. The van der Waals surface area contributed by atoms with Crippen molar-refractivity contribution in [2.45, 2.75) is 12.5 Å². The van der Waals surface area contributed by atoms with Crippen LogP contribution in [0, 0.1) is 0 Å². The first-order valence-corrected chi connectivity index (χ1v) is 10.0. The Labute approximate surface area is 182 Å². The molecule has 1 fully saturated rings. The zero-order valence-electron chi connectivity index (χ0n) is 18.4. The van der Waals surface area contributed by atoms with Crippen LogP contribution in [0.3, 0.4) is 0 Å². The molecule has 1 heterocycles. The first-order valence-electron chi connectivity index (χ1n) is 10.0. The highest BCUT2D eigenvalue weighted by Crippen LogP contribution is 2.40. The lowest BCUT2D eigenvalue weighted by atomic mass is 10.1. The Morgan fingerprint density at radius 1 is 0.935 bits per heavy atom. The van der Waals surface area contributed by atoms with E-state index in [1.165, 1.54) is 0 Å². The quantitative estimate of drug-likeness (QED) is 0.604. The zero-order chi connectivity index (χ0) is 22.2. The van der Waals surface area contributed by atoms with Crippen molar-refractivity contribution in [2.24, 2.45) is 0 Å². The number of morpholine rings is 1. The smallest absolute Gasteiger partial charge is 0.227 e. The molecule has 0 N–H and O–H groups in total. The Morgan fingerprint density at radius 3 is 2.32 bits per heavy atom. The van der Waals surface area contributed by atoms with Crippen LogP contribution in [0.15, 0.2) is 36.4 Å². The maximum Gasteiger partial charge on any atom is 0.227 e. The third-order valence-electron chi connectivity index (χ3n) is 5.11. The van der Waals surface area contributed by atoms with E-state index in [2.05, 4.69) is 0 Å². The molecule has 1 atom stereocenters. The van der Waals surface area contributed by atoms with E-state index in [4.69, 9.17) is 28.4 Å². The van der Waals surface area contributed by atoms with Crippen LogP contribution in [0.4, 0.5) is 0 Å². The van der Waals surface area contributed by atoms with Gasteiger partial charge >= 0.3 is 0 Å². The number of benzene rings is 2. The van der Waals surface area contributed by atoms with Crippen molar-refractivity contribution >= 4 is 5.91 Å². The van der Waals surface area contributed by atoms with Gasteiger partial charge in [-0.1, -0.05) is 18.2 Å². The fourth-order valence-electron chi connectivity index (χ4n) is 3.54. The van der Waals surface area contributed by atoms with Gasteiger partial charge in [-0.25, -0.2) is 0 Å². The van der Waals surface area contributed by atoms with E-state index in [1.807, 2.05) is 30.3 Å². The molecule has 0 aromatic heterocycles. The van der Waals surface area contributed by atoms with Crippen LogP contribution in [-0.2, 0) is 16.0 Å². The highest BCUT2D eigenvalue weighted by molar-refractivity contribution is 5.80. The van der Waals surface area contributed by atoms with Gasteiger partial charge in [-0.3, -0.25) is 4.79 Å². The van der Waals surface area contributed by atoms with E-state index >= 15 is 0 Å². The number of rotatable bonds is 9. The second-order valence-electron chi connectivity index (χ2n) is 6.96. The van der Waals surface area contributed by atoms with Crippen LogP contribution in [-0.4, -0.2) is 71.7 Å². The average molecular weight is 431 g/mol. The number of ether oxygens (including phenoxy) is 6. The first-order chi connectivity index (χ1) is 15.1. The second-order valence-corrected chi connectivity index (χ2v) is 6.96. The summed E-state index contributed by atoms with van der Waals surface area (Å²) in [4.78, 5) is 14.8. The molecular formula is C23H29NO7. The van der Waals surface area contributed by atoms with Crippen molar-refractivity contribution in [3.8, 4) is 28.7 Å². The molecule has 3 rings (SSSR count). The summed E-state index contributed by atoms with van der Waals surface area (Å²) in [6.07, 6.45) is -0.0428. The molecule has 8 nitrogen and oxygen atoms in total. The van der Waals surface area contributed by atoms with Crippen molar-refractivity contribution < 1.29 is 33.2 Å². The van der Waals surface area contributed by atoms with Crippen LogP contribution in [0.25, 0.3) is 0 Å². The molecule has 2 aromatic carbocycles. The van der Waals surface area contributed by atoms with Crippen LogP contribution >= 0.6 is 0 Å². The molecule has 1 aliphatic rings. The molecule has 2 aromatic rings. The predicted octanol–water partition coefficient (Wildman–Crippen LogP) is 2.57. The number of carbonyl (C=O) groups is 1. The largest absolute Gasteiger partial charge is 0.493 e. The molecule has 0 spiro atoms. The van der Waals surface area contributed by atoms with Crippen LogP contribution in [0.5, 0.6) is 28.7 Å². The topological polar surface area (TPSA) is 75.7 Å². The number of amides is 1. The minimum atomic E-state index is -0.227. The molecule has 1 aliphatic heterocycles. The summed E-state index contributed by atoms with van der Waals surface area (Å²) < 4.78 is 33.2. The van der Waals surface area contributed by atoms with Gasteiger partial charge in [-0.15, -0.1) is 0 Å². The monoisotopic (exact) mass is 431 g/mol. The fraction of sp³-hybridized carbons (Fsp3) is 0.435. The molecule has 1 saturated heterocycles. The van der Waals surface area contributed by atoms with E-state index in [9.17, 15) is 4.79 Å². The number of hydrogen-bond donors (Lipinski definition) is 0. The first kappa shape index (κ1) is 22.6. The average Bonchev–Trinajstić information content (AvgIpc) is 2.82. The molecule has 8 heteroatoms. The Morgan fingerprint density at radius 2 is 1.65 bits per heavy atom. The van der Waals surface area contributed by atoms with E-state index in [-0.39, 0.29) is 18.4 Å². The standard InChI is InChI=1S/C23H29NO7/c1-26-18-7-5-6-8-19(18)31-15-17-14-24(11-12-30-17)21(25)13-16-9-10-20(27-2)23(29-4)22(16)28-3/h5-10,17H,11-15H2,1-4H3/t17-/m0/s1. The fourth-order valence-corrected chi connectivity index (χ4v) is 3.54. The van der Waals surface area contributed by atoms with E-state index in [0.29, 0.717) is 55.1 Å². The number of carbonyl (C=O) groups excluding carboxylic acids is 1. The lowest BCUT2D eigenvalue weighted by molar-refractivity contribution is -0.139. The van der Waals surface area contributed by atoms with Gasteiger partial charge < -0.3 is 33.3 Å². The lowest BCUT2D eigenvalue weighted by Crippen LogP contribution is -2.48. The zero-order valence-corrected chi connectivity index (χ0v) is 18.4. The normalized spacial score (nSPS) is 15.9.